The Balaban J connectivity index is 1.12. The van der Waals surface area contributed by atoms with Crippen LogP contribution in [0, 0.1) is 5.92 Å². The zero-order valence-electron chi connectivity index (χ0n) is 26.9. The average Bonchev–Trinajstić information content (AvgIpc) is 3.45. The van der Waals surface area contributed by atoms with Crippen LogP contribution in [0.4, 0.5) is 29.3 Å². The second-order valence-corrected chi connectivity index (χ2v) is 14.4. The summed E-state index contributed by atoms with van der Waals surface area (Å²) in [7, 11) is 0. The fraction of sp³-hybridized carbons (Fsp3) is 0.606. The normalized spacial score (nSPS) is 21.1. The number of hydrogen-bond acceptors (Lipinski definition) is 7. The third-order valence-corrected chi connectivity index (χ3v) is 11.4. The van der Waals surface area contributed by atoms with Crippen LogP contribution in [0.1, 0.15) is 48.8 Å². The molecular weight excluding hydrogens is 667 g/mol. The van der Waals surface area contributed by atoms with Crippen LogP contribution in [0.5, 0.6) is 0 Å². The molecular formula is C33H43ClF3N7O3S. The van der Waals surface area contributed by atoms with Crippen molar-refractivity contribution in [3.05, 3.63) is 44.6 Å². The smallest absolute Gasteiger partial charge is 0.397 e. The quantitative estimate of drug-likeness (QED) is 0.365. The highest BCUT2D eigenvalue weighted by molar-refractivity contribution is 7.08. The Morgan fingerprint density at radius 1 is 0.958 bits per heavy atom. The number of nitrogen functional groups attached to an aromatic ring is 1. The van der Waals surface area contributed by atoms with Gasteiger partial charge >= 0.3 is 12.2 Å². The number of likely N-dealkylation sites (tertiary alicyclic amines) is 1. The first-order valence-corrected chi connectivity index (χ1v) is 18.1. The molecule has 0 aliphatic carbocycles. The highest BCUT2D eigenvalue weighted by Gasteiger charge is 2.37. The number of carbonyl (C=O) groups excluding carboxylic acids is 3. The van der Waals surface area contributed by atoms with Crippen molar-refractivity contribution < 1.29 is 27.6 Å². The van der Waals surface area contributed by atoms with Crippen molar-refractivity contribution in [1.29, 1.82) is 0 Å². The molecule has 262 valence electrons. The van der Waals surface area contributed by atoms with Gasteiger partial charge < -0.3 is 31.1 Å². The van der Waals surface area contributed by atoms with E-state index in [9.17, 15) is 27.6 Å². The van der Waals surface area contributed by atoms with E-state index >= 15 is 0 Å². The van der Waals surface area contributed by atoms with Crippen LogP contribution in [0.15, 0.2) is 22.9 Å². The molecule has 3 fully saturated rings. The number of nitrogens with zero attached hydrogens (tertiary/aromatic N) is 4. The van der Waals surface area contributed by atoms with Crippen LogP contribution in [0.25, 0.3) is 0 Å². The maximum absolute atomic E-state index is 14.0. The number of thiophene rings is 1. The van der Waals surface area contributed by atoms with E-state index in [0.717, 1.165) is 49.7 Å². The van der Waals surface area contributed by atoms with Crippen molar-refractivity contribution in [3.8, 4) is 0 Å². The number of piperazine rings is 1. The van der Waals surface area contributed by atoms with Gasteiger partial charge in [-0.05, 0) is 80.3 Å². The van der Waals surface area contributed by atoms with Gasteiger partial charge in [-0.25, -0.2) is 4.79 Å². The van der Waals surface area contributed by atoms with E-state index in [1.165, 1.54) is 6.07 Å². The molecule has 0 radical (unpaired) electrons. The molecule has 0 unspecified atom stereocenters. The number of alkyl halides is 3. The number of rotatable bonds is 7. The topological polar surface area (TPSA) is 114 Å². The van der Waals surface area contributed by atoms with E-state index in [1.54, 1.807) is 21.1 Å². The SMILES string of the molecule is Nc1c(Cl)cc(C[C@@H](CC(=O)N2CCC(N3CCc4cscc4NC3=O)CC2)C(=O)N2CCN(C3CCNCC3)CC2)cc1C(F)(F)F. The van der Waals surface area contributed by atoms with Gasteiger partial charge in [-0.1, -0.05) is 11.6 Å². The summed E-state index contributed by atoms with van der Waals surface area (Å²) in [5, 5.41) is 10.1. The molecule has 5 heterocycles. The molecule has 48 heavy (non-hydrogen) atoms. The van der Waals surface area contributed by atoms with Crippen molar-refractivity contribution in [3.63, 3.8) is 0 Å². The average molecular weight is 710 g/mol. The fourth-order valence-electron chi connectivity index (χ4n) is 7.57. The van der Waals surface area contributed by atoms with Crippen molar-refractivity contribution in [2.24, 2.45) is 5.92 Å². The largest absolute Gasteiger partial charge is 0.418 e. The van der Waals surface area contributed by atoms with Gasteiger partial charge in [0.2, 0.25) is 11.8 Å². The number of fused-ring (bicyclic) bond motifs is 1. The van der Waals surface area contributed by atoms with E-state index < -0.39 is 23.3 Å². The number of hydrogen-bond donors (Lipinski definition) is 3. The van der Waals surface area contributed by atoms with Crippen molar-refractivity contribution in [2.75, 3.05) is 70.0 Å². The van der Waals surface area contributed by atoms with Crippen LogP contribution < -0.4 is 16.4 Å². The number of urea groups is 1. The van der Waals surface area contributed by atoms with E-state index in [-0.39, 0.29) is 47.3 Å². The predicted octanol–water partition coefficient (Wildman–Crippen LogP) is 4.53. The predicted molar refractivity (Wildman–Crippen MR) is 180 cm³/mol. The lowest BCUT2D eigenvalue weighted by Gasteiger charge is -2.42. The number of nitrogens with one attached hydrogen (secondary N) is 2. The zero-order chi connectivity index (χ0) is 34.0. The highest BCUT2D eigenvalue weighted by Crippen LogP contribution is 2.38. The first kappa shape index (κ1) is 34.8. The minimum atomic E-state index is -4.72. The summed E-state index contributed by atoms with van der Waals surface area (Å²) in [5.41, 5.74) is 6.25. The van der Waals surface area contributed by atoms with Crippen LogP contribution in [0.2, 0.25) is 5.02 Å². The van der Waals surface area contributed by atoms with Crippen molar-refractivity contribution in [1.82, 2.24) is 24.9 Å². The van der Waals surface area contributed by atoms with Gasteiger partial charge in [0.1, 0.15) is 0 Å². The molecule has 0 bridgehead atoms. The Morgan fingerprint density at radius 3 is 2.35 bits per heavy atom. The van der Waals surface area contributed by atoms with Gasteiger partial charge in [-0.15, -0.1) is 11.3 Å². The molecule has 4 amide bonds. The lowest BCUT2D eigenvalue weighted by Crippen LogP contribution is -2.55. The van der Waals surface area contributed by atoms with Crippen LogP contribution in [0.3, 0.4) is 0 Å². The molecule has 0 spiro atoms. The summed E-state index contributed by atoms with van der Waals surface area (Å²) in [6.45, 7) is 5.82. The first-order chi connectivity index (χ1) is 23.0. The van der Waals surface area contributed by atoms with Crippen molar-refractivity contribution >= 4 is 52.2 Å². The number of amides is 4. The summed E-state index contributed by atoms with van der Waals surface area (Å²) in [4.78, 5) is 48.5. The van der Waals surface area contributed by atoms with E-state index in [4.69, 9.17) is 17.3 Å². The number of benzene rings is 1. The van der Waals surface area contributed by atoms with Gasteiger partial charge in [0.25, 0.3) is 0 Å². The third kappa shape index (κ3) is 7.87. The number of halogens is 4. The van der Waals surface area contributed by atoms with Crippen LogP contribution in [-0.2, 0) is 28.6 Å². The molecule has 4 N–H and O–H groups in total. The molecule has 4 aliphatic rings. The molecule has 1 atom stereocenters. The van der Waals surface area contributed by atoms with E-state index in [2.05, 4.69) is 20.9 Å². The summed E-state index contributed by atoms with van der Waals surface area (Å²) < 4.78 is 41.4. The van der Waals surface area contributed by atoms with E-state index in [1.807, 2.05) is 10.3 Å². The van der Waals surface area contributed by atoms with Crippen molar-refractivity contribution in [2.45, 2.75) is 63.2 Å². The lowest BCUT2D eigenvalue weighted by molar-refractivity contribution is -0.143. The molecule has 1 aromatic carbocycles. The molecule has 1 aromatic heterocycles. The summed E-state index contributed by atoms with van der Waals surface area (Å²) in [6.07, 6.45) is -0.848. The minimum absolute atomic E-state index is 0.0203. The summed E-state index contributed by atoms with van der Waals surface area (Å²) in [5.74, 6) is -1.32. The standard InChI is InChI=1S/C33H43ClF3N7O3S/c34-27-17-21(16-26(30(27)38)33(35,36)37)15-23(31(46)43-13-11-41(12-14-43)24-1-6-39-7-2-24)18-29(45)42-8-4-25(5-9-42)44-10-3-22-19-48-20-28(22)40-32(44)47/h16-17,19-20,23-25,39H,1-15,18,38H2,(H,40,47)/t23-/m0/s1. The number of piperidine rings is 2. The van der Waals surface area contributed by atoms with Gasteiger partial charge in [0.05, 0.1) is 27.9 Å². The Kier molecular flexibility index (Phi) is 10.7. The maximum atomic E-state index is 14.0. The monoisotopic (exact) mass is 709 g/mol. The Bertz CT molecular complexity index is 1490. The maximum Gasteiger partial charge on any atom is 0.418 e. The lowest BCUT2D eigenvalue weighted by atomic mass is 9.91. The fourth-order valence-corrected chi connectivity index (χ4v) is 8.63. The molecule has 2 aromatic rings. The van der Waals surface area contributed by atoms with Gasteiger partial charge in [0, 0.05) is 69.7 Å². The Labute approximate surface area is 287 Å². The highest BCUT2D eigenvalue weighted by atomic mass is 35.5. The molecule has 10 nitrogen and oxygen atoms in total. The summed E-state index contributed by atoms with van der Waals surface area (Å²) >= 11 is 7.70. The second-order valence-electron chi connectivity index (χ2n) is 13.3. The molecule has 0 saturated carbocycles. The number of nitrogens with two attached hydrogens (primary N) is 1. The molecule has 3 saturated heterocycles. The number of anilines is 2. The molecule has 6 rings (SSSR count). The zero-order valence-corrected chi connectivity index (χ0v) is 28.4. The third-order valence-electron chi connectivity index (χ3n) is 10.3. The van der Waals surface area contributed by atoms with Crippen LogP contribution in [-0.4, -0.2) is 108 Å². The molecule has 4 aliphatic heterocycles. The Morgan fingerprint density at radius 2 is 1.67 bits per heavy atom. The minimum Gasteiger partial charge on any atom is -0.397 e. The van der Waals surface area contributed by atoms with Crippen LogP contribution >= 0.6 is 22.9 Å². The second kappa shape index (κ2) is 14.8. The van der Waals surface area contributed by atoms with Gasteiger partial charge in [-0.2, -0.15) is 13.2 Å². The first-order valence-electron chi connectivity index (χ1n) is 16.8. The van der Waals surface area contributed by atoms with Gasteiger partial charge in [-0.3, -0.25) is 14.5 Å². The van der Waals surface area contributed by atoms with E-state index in [0.29, 0.717) is 64.7 Å². The van der Waals surface area contributed by atoms with Gasteiger partial charge in [0.15, 0.2) is 0 Å². The Hall–Kier alpha value is -3.07. The summed E-state index contributed by atoms with van der Waals surface area (Å²) in [6, 6.07) is 2.62. The molecule has 15 heteroatoms. The number of carbonyl (C=O) groups is 3.